The van der Waals surface area contributed by atoms with Crippen molar-refractivity contribution in [1.82, 2.24) is 19.3 Å². The van der Waals surface area contributed by atoms with Crippen molar-refractivity contribution in [2.24, 2.45) is 0 Å². The molecule has 1 aliphatic heterocycles. The first-order chi connectivity index (χ1) is 11.0. The predicted octanol–water partition coefficient (Wildman–Crippen LogP) is -0.129. The molecule has 0 saturated carbocycles. The largest absolute Gasteiger partial charge is 1.00 e. The van der Waals surface area contributed by atoms with Gasteiger partial charge < -0.3 is 11.1 Å². The molecule has 1 N–H and O–H groups in total. The summed E-state index contributed by atoms with van der Waals surface area (Å²) in [6, 6.07) is 1.93. The SMILES string of the molecule is O=C(O)C(c1ncn2c1CCC2)n1cc2c(F)cc(Br)cc2n1.[H-].[Li+]. The van der Waals surface area contributed by atoms with Crippen LogP contribution in [0.1, 0.15) is 25.3 Å². The first-order valence-corrected chi connectivity index (χ1v) is 7.94. The van der Waals surface area contributed by atoms with Crippen LogP contribution in [0.5, 0.6) is 0 Å². The van der Waals surface area contributed by atoms with E-state index >= 15 is 0 Å². The molecule has 0 saturated heterocycles. The van der Waals surface area contributed by atoms with Gasteiger partial charge in [0.25, 0.3) is 0 Å². The standard InChI is InChI=1S/C15H12BrFN4O2.Li.H/c16-8-4-10(17)9-6-21(19-11(9)5-8)14(15(22)23)13-12-2-1-3-20(12)7-18-13;;/h4-7,14H,1-3H2,(H,22,23);;/q;+1;-1. The smallest absolute Gasteiger partial charge is 1.00 e. The second-order valence-electron chi connectivity index (χ2n) is 5.54. The van der Waals surface area contributed by atoms with E-state index in [9.17, 15) is 14.3 Å². The maximum absolute atomic E-state index is 14.0. The summed E-state index contributed by atoms with van der Waals surface area (Å²) >= 11 is 3.22. The summed E-state index contributed by atoms with van der Waals surface area (Å²) in [6.07, 6.45) is 4.85. The van der Waals surface area contributed by atoms with Gasteiger partial charge in [-0.25, -0.2) is 14.2 Å². The van der Waals surface area contributed by atoms with Crippen LogP contribution < -0.4 is 18.9 Å². The molecule has 0 spiro atoms. The Kier molecular flexibility index (Phi) is 4.56. The monoisotopic (exact) mass is 386 g/mol. The molecule has 9 heteroatoms. The van der Waals surface area contributed by atoms with E-state index in [-0.39, 0.29) is 25.7 Å². The maximum atomic E-state index is 14.0. The number of hydrogen-bond donors (Lipinski definition) is 1. The number of carboxylic acids is 1. The predicted molar refractivity (Wildman–Crippen MR) is 84.8 cm³/mol. The molecule has 0 radical (unpaired) electrons. The van der Waals surface area contributed by atoms with Crippen LogP contribution in [-0.2, 0) is 17.8 Å². The van der Waals surface area contributed by atoms with Crippen LogP contribution in [-0.4, -0.2) is 30.4 Å². The molecule has 2 aromatic heterocycles. The van der Waals surface area contributed by atoms with Gasteiger partial charge >= 0.3 is 24.8 Å². The van der Waals surface area contributed by atoms with Crippen molar-refractivity contribution in [3.63, 3.8) is 0 Å². The van der Waals surface area contributed by atoms with Crippen LogP contribution in [0.3, 0.4) is 0 Å². The first kappa shape index (κ1) is 17.2. The van der Waals surface area contributed by atoms with Crippen molar-refractivity contribution >= 4 is 32.8 Å². The second kappa shape index (κ2) is 6.35. The third-order valence-electron chi connectivity index (χ3n) is 4.11. The maximum Gasteiger partial charge on any atom is 1.00 e. The summed E-state index contributed by atoms with van der Waals surface area (Å²) in [5.74, 6) is -1.51. The summed E-state index contributed by atoms with van der Waals surface area (Å²) in [5, 5.41) is 14.2. The molecule has 24 heavy (non-hydrogen) atoms. The van der Waals surface area contributed by atoms with E-state index in [1.165, 1.54) is 16.9 Å². The quantitative estimate of drug-likeness (QED) is 0.636. The second-order valence-corrected chi connectivity index (χ2v) is 6.46. The molecule has 120 valence electrons. The minimum Gasteiger partial charge on any atom is -1.00 e. The van der Waals surface area contributed by atoms with E-state index in [2.05, 4.69) is 26.0 Å². The number of halogens is 2. The Labute approximate surface area is 158 Å². The number of aromatic nitrogens is 4. The van der Waals surface area contributed by atoms with Crippen LogP contribution >= 0.6 is 15.9 Å². The number of hydrogen-bond acceptors (Lipinski definition) is 3. The minimum atomic E-state index is -1.06. The summed E-state index contributed by atoms with van der Waals surface area (Å²) in [5.41, 5.74) is 1.79. The van der Waals surface area contributed by atoms with E-state index < -0.39 is 17.8 Å². The van der Waals surface area contributed by atoms with E-state index in [1.54, 1.807) is 12.4 Å². The molecule has 0 amide bonds. The van der Waals surface area contributed by atoms with Crippen LogP contribution in [0, 0.1) is 5.82 Å². The summed E-state index contributed by atoms with van der Waals surface area (Å²) in [4.78, 5) is 16.1. The molecule has 3 aromatic rings. The van der Waals surface area contributed by atoms with Crippen molar-refractivity contribution in [3.05, 3.63) is 46.3 Å². The molecule has 6 nitrogen and oxygen atoms in total. The van der Waals surface area contributed by atoms with Crippen LogP contribution in [0.25, 0.3) is 10.9 Å². The minimum absolute atomic E-state index is 0. The van der Waals surface area contributed by atoms with Crippen molar-refractivity contribution in [2.75, 3.05) is 0 Å². The molecular formula is C15H13BrFLiN4O2. The molecule has 0 bridgehead atoms. The van der Waals surface area contributed by atoms with E-state index in [0.717, 1.165) is 25.1 Å². The summed E-state index contributed by atoms with van der Waals surface area (Å²) < 4.78 is 17.8. The number of imidazole rings is 1. The van der Waals surface area contributed by atoms with Crippen molar-refractivity contribution in [2.45, 2.75) is 25.4 Å². The Morgan fingerprint density at radius 3 is 3.00 bits per heavy atom. The van der Waals surface area contributed by atoms with E-state index in [4.69, 9.17) is 0 Å². The summed E-state index contributed by atoms with van der Waals surface area (Å²) in [7, 11) is 0. The number of benzene rings is 1. The number of aliphatic carboxylic acids is 1. The normalized spacial score (nSPS) is 14.4. The van der Waals surface area contributed by atoms with Gasteiger partial charge in [-0.05, 0) is 25.0 Å². The number of carboxylic acid groups (broad SMARTS) is 1. The molecular weight excluding hydrogens is 374 g/mol. The van der Waals surface area contributed by atoms with Gasteiger partial charge in [0, 0.05) is 22.9 Å². The van der Waals surface area contributed by atoms with Crippen molar-refractivity contribution < 1.29 is 34.6 Å². The first-order valence-electron chi connectivity index (χ1n) is 7.15. The fourth-order valence-corrected chi connectivity index (χ4v) is 3.51. The third-order valence-corrected chi connectivity index (χ3v) is 4.56. The fraction of sp³-hybridized carbons (Fsp3) is 0.267. The zero-order valence-corrected chi connectivity index (χ0v) is 14.5. The Morgan fingerprint density at radius 2 is 2.25 bits per heavy atom. The molecule has 1 aliphatic rings. The van der Waals surface area contributed by atoms with Crippen LogP contribution in [0.4, 0.5) is 4.39 Å². The van der Waals surface area contributed by atoms with Crippen molar-refractivity contribution in [3.8, 4) is 0 Å². The third kappa shape index (κ3) is 2.69. The summed E-state index contributed by atoms with van der Waals surface area (Å²) in [6.45, 7) is 0.845. The molecule has 1 aromatic carbocycles. The van der Waals surface area contributed by atoms with Gasteiger partial charge in [0.05, 0.1) is 22.9 Å². The molecule has 1 unspecified atom stereocenters. The van der Waals surface area contributed by atoms with Gasteiger partial charge in [-0.15, -0.1) is 0 Å². The molecule has 3 heterocycles. The Bertz CT molecular complexity index is 945. The average Bonchev–Trinajstić information content (AvgIpc) is 3.15. The number of aryl methyl sites for hydroxylation is 1. The number of fused-ring (bicyclic) bond motifs is 2. The average molecular weight is 387 g/mol. The fourth-order valence-electron chi connectivity index (χ4n) is 3.09. The molecule has 0 fully saturated rings. The zero-order valence-electron chi connectivity index (χ0n) is 13.9. The number of carbonyl (C=O) groups is 1. The molecule has 1 atom stereocenters. The number of rotatable bonds is 3. The van der Waals surface area contributed by atoms with Crippen LogP contribution in [0.2, 0.25) is 0 Å². The van der Waals surface area contributed by atoms with Gasteiger partial charge in [0.2, 0.25) is 0 Å². The van der Waals surface area contributed by atoms with Crippen LogP contribution in [0.15, 0.2) is 29.1 Å². The van der Waals surface area contributed by atoms with Crippen molar-refractivity contribution in [1.29, 1.82) is 0 Å². The number of nitrogens with zero attached hydrogens (tertiary/aromatic N) is 4. The van der Waals surface area contributed by atoms with E-state index in [1.807, 2.05) is 4.57 Å². The van der Waals surface area contributed by atoms with E-state index in [0.29, 0.717) is 15.7 Å². The Balaban J connectivity index is 0.00000113. The van der Waals surface area contributed by atoms with Gasteiger partial charge in [0.15, 0.2) is 6.04 Å². The topological polar surface area (TPSA) is 72.9 Å². The zero-order chi connectivity index (χ0) is 16.1. The Hall–Kier alpha value is -1.62. The Morgan fingerprint density at radius 1 is 1.46 bits per heavy atom. The molecule has 4 rings (SSSR count). The van der Waals surface area contributed by atoms with Gasteiger partial charge in [0.1, 0.15) is 5.82 Å². The van der Waals surface area contributed by atoms with Gasteiger partial charge in [-0.3, -0.25) is 4.68 Å². The van der Waals surface area contributed by atoms with Gasteiger partial charge in [-0.2, -0.15) is 5.10 Å². The van der Waals surface area contributed by atoms with Gasteiger partial charge in [-0.1, -0.05) is 15.9 Å². The molecule has 0 aliphatic carbocycles.